The normalized spacial score (nSPS) is 11.7. The Bertz CT molecular complexity index is 651. The molecule has 1 aromatic heterocycles. The van der Waals surface area contributed by atoms with Gasteiger partial charge in [-0.15, -0.1) is 11.3 Å². The van der Waals surface area contributed by atoms with Gasteiger partial charge >= 0.3 is 5.97 Å². The number of rotatable bonds is 6. The largest absolute Gasteiger partial charge is 0.477 e. The Hall–Kier alpha value is -1.46. The molecule has 0 bridgehead atoms. The molecular formula is C16H20FNO2S. The van der Waals surface area contributed by atoms with Crippen molar-refractivity contribution in [3.05, 3.63) is 34.5 Å². The molecule has 0 saturated heterocycles. The number of halogens is 1. The summed E-state index contributed by atoms with van der Waals surface area (Å²) in [5.74, 6) is -0.842. The number of nitrogens with zero attached hydrogens (tertiary/aromatic N) is 1. The molecule has 0 atom stereocenters. The molecule has 0 saturated carbocycles. The molecule has 1 heterocycles. The summed E-state index contributed by atoms with van der Waals surface area (Å²) in [6, 6.07) is 4.79. The Morgan fingerprint density at radius 3 is 2.71 bits per heavy atom. The first-order valence-corrected chi connectivity index (χ1v) is 7.91. The maximum atomic E-state index is 14.1. The predicted octanol–water partition coefficient (Wildman–Crippen LogP) is 4.22. The summed E-state index contributed by atoms with van der Waals surface area (Å²) in [6.45, 7) is 8.41. The molecule has 0 amide bonds. The molecule has 21 heavy (non-hydrogen) atoms. The van der Waals surface area contributed by atoms with Crippen LogP contribution >= 0.6 is 11.3 Å². The van der Waals surface area contributed by atoms with Crippen molar-refractivity contribution in [1.82, 2.24) is 4.90 Å². The first-order valence-electron chi connectivity index (χ1n) is 7.09. The zero-order chi connectivity index (χ0) is 15.6. The van der Waals surface area contributed by atoms with E-state index in [1.165, 1.54) is 6.07 Å². The van der Waals surface area contributed by atoms with Gasteiger partial charge in [-0.1, -0.05) is 26.8 Å². The number of thiophene rings is 1. The summed E-state index contributed by atoms with van der Waals surface area (Å²) in [5, 5.41) is 9.85. The second-order valence-electron chi connectivity index (χ2n) is 5.55. The van der Waals surface area contributed by atoms with Crippen molar-refractivity contribution in [1.29, 1.82) is 0 Å². The van der Waals surface area contributed by atoms with Gasteiger partial charge in [-0.2, -0.15) is 0 Å². The number of aromatic carboxylic acids is 1. The third kappa shape index (κ3) is 3.41. The molecule has 1 N–H and O–H groups in total. The third-order valence-electron chi connectivity index (χ3n) is 3.41. The Balaban J connectivity index is 2.49. The average molecular weight is 309 g/mol. The number of fused-ring (bicyclic) bond motifs is 1. The molecule has 2 rings (SSSR count). The van der Waals surface area contributed by atoms with E-state index in [4.69, 9.17) is 0 Å². The highest BCUT2D eigenvalue weighted by Crippen LogP contribution is 2.34. The lowest BCUT2D eigenvalue weighted by atomic mass is 10.1. The second-order valence-corrected chi connectivity index (χ2v) is 6.60. The van der Waals surface area contributed by atoms with E-state index in [9.17, 15) is 14.3 Å². The Labute approximate surface area is 128 Å². The standard InChI is InChI=1S/C16H20FNO2S/c1-4-18(8-10(2)3)9-11-14-12(17)6-5-7-13(14)21-15(11)16(19)20/h5-7,10H,4,8-9H2,1-3H3,(H,19,20). The molecule has 0 spiro atoms. The monoisotopic (exact) mass is 309 g/mol. The lowest BCUT2D eigenvalue weighted by molar-refractivity contribution is 0.0700. The molecule has 2 aromatic rings. The fourth-order valence-electron chi connectivity index (χ4n) is 2.54. The van der Waals surface area contributed by atoms with Crippen molar-refractivity contribution in [2.24, 2.45) is 5.92 Å². The number of hydrogen-bond donors (Lipinski definition) is 1. The van der Waals surface area contributed by atoms with Crippen molar-refractivity contribution >= 4 is 27.4 Å². The van der Waals surface area contributed by atoms with E-state index >= 15 is 0 Å². The molecule has 0 aliphatic heterocycles. The van der Waals surface area contributed by atoms with Crippen LogP contribution in [0.5, 0.6) is 0 Å². The molecule has 0 radical (unpaired) electrons. The summed E-state index contributed by atoms with van der Waals surface area (Å²) >= 11 is 1.15. The highest BCUT2D eigenvalue weighted by Gasteiger charge is 2.21. The van der Waals surface area contributed by atoms with Gasteiger partial charge in [0.2, 0.25) is 0 Å². The van der Waals surface area contributed by atoms with Crippen molar-refractivity contribution in [3.63, 3.8) is 0 Å². The van der Waals surface area contributed by atoms with Gasteiger partial charge in [-0.3, -0.25) is 4.90 Å². The maximum absolute atomic E-state index is 14.1. The molecule has 1 aromatic carbocycles. The van der Waals surface area contributed by atoms with E-state index in [1.807, 2.05) is 6.92 Å². The molecule has 114 valence electrons. The lowest BCUT2D eigenvalue weighted by Crippen LogP contribution is -2.27. The summed E-state index contributed by atoms with van der Waals surface area (Å²) in [6.07, 6.45) is 0. The average Bonchev–Trinajstić information content (AvgIpc) is 2.77. The van der Waals surface area contributed by atoms with E-state index in [2.05, 4.69) is 18.7 Å². The van der Waals surface area contributed by atoms with E-state index in [0.29, 0.717) is 28.1 Å². The fourth-order valence-corrected chi connectivity index (χ4v) is 3.60. The van der Waals surface area contributed by atoms with Gasteiger partial charge in [-0.25, -0.2) is 9.18 Å². The van der Waals surface area contributed by atoms with Gasteiger partial charge < -0.3 is 5.11 Å². The van der Waals surface area contributed by atoms with Crippen LogP contribution in [0.1, 0.15) is 36.0 Å². The minimum atomic E-state index is -0.980. The Kier molecular flexibility index (Phi) is 4.96. The molecule has 0 fully saturated rings. The van der Waals surface area contributed by atoms with Crippen molar-refractivity contribution in [2.75, 3.05) is 13.1 Å². The van der Waals surface area contributed by atoms with Crippen LogP contribution in [0.25, 0.3) is 10.1 Å². The van der Waals surface area contributed by atoms with Gasteiger partial charge in [0.1, 0.15) is 10.7 Å². The van der Waals surface area contributed by atoms with Crippen LogP contribution in [-0.2, 0) is 6.54 Å². The number of carbonyl (C=O) groups is 1. The minimum Gasteiger partial charge on any atom is -0.477 e. The van der Waals surface area contributed by atoms with Crippen LogP contribution in [0.3, 0.4) is 0 Å². The number of benzene rings is 1. The van der Waals surface area contributed by atoms with E-state index in [0.717, 1.165) is 24.4 Å². The number of carboxylic acid groups (broad SMARTS) is 1. The van der Waals surface area contributed by atoms with Crippen molar-refractivity contribution < 1.29 is 14.3 Å². The Morgan fingerprint density at radius 2 is 2.14 bits per heavy atom. The topological polar surface area (TPSA) is 40.5 Å². The molecule has 3 nitrogen and oxygen atoms in total. The molecule has 0 aliphatic carbocycles. The zero-order valence-electron chi connectivity index (χ0n) is 12.5. The number of carboxylic acids is 1. The van der Waals surface area contributed by atoms with Crippen LogP contribution in [-0.4, -0.2) is 29.1 Å². The van der Waals surface area contributed by atoms with E-state index in [-0.39, 0.29) is 10.7 Å². The molecule has 0 aliphatic rings. The SMILES string of the molecule is CCN(Cc1c(C(=O)O)sc2cccc(F)c12)CC(C)C. The van der Waals surface area contributed by atoms with E-state index in [1.54, 1.807) is 12.1 Å². The summed E-state index contributed by atoms with van der Waals surface area (Å²) < 4.78 is 14.8. The number of hydrogen-bond acceptors (Lipinski definition) is 3. The Morgan fingerprint density at radius 1 is 1.43 bits per heavy atom. The predicted molar refractivity (Wildman–Crippen MR) is 84.5 cm³/mol. The summed E-state index contributed by atoms with van der Waals surface area (Å²) in [5.41, 5.74) is 0.600. The van der Waals surface area contributed by atoms with Gasteiger partial charge in [0.05, 0.1) is 0 Å². The van der Waals surface area contributed by atoms with Gasteiger partial charge in [0, 0.05) is 28.7 Å². The van der Waals surface area contributed by atoms with Crippen LogP contribution in [0, 0.1) is 11.7 Å². The van der Waals surface area contributed by atoms with Crippen LogP contribution in [0.2, 0.25) is 0 Å². The zero-order valence-corrected chi connectivity index (χ0v) is 13.3. The maximum Gasteiger partial charge on any atom is 0.346 e. The second kappa shape index (κ2) is 6.54. The first-order chi connectivity index (χ1) is 9.93. The lowest BCUT2D eigenvalue weighted by Gasteiger charge is -2.22. The highest BCUT2D eigenvalue weighted by atomic mass is 32.1. The van der Waals surface area contributed by atoms with Gasteiger partial charge in [0.25, 0.3) is 0 Å². The van der Waals surface area contributed by atoms with Gasteiger partial charge in [0.15, 0.2) is 0 Å². The highest BCUT2D eigenvalue weighted by molar-refractivity contribution is 7.21. The summed E-state index contributed by atoms with van der Waals surface area (Å²) in [7, 11) is 0. The van der Waals surface area contributed by atoms with Crippen molar-refractivity contribution in [3.8, 4) is 0 Å². The third-order valence-corrected chi connectivity index (χ3v) is 4.60. The summed E-state index contributed by atoms with van der Waals surface area (Å²) in [4.78, 5) is 13.9. The van der Waals surface area contributed by atoms with Crippen LogP contribution in [0.15, 0.2) is 18.2 Å². The first kappa shape index (κ1) is 15.9. The fraction of sp³-hybridized carbons (Fsp3) is 0.438. The molecule has 5 heteroatoms. The van der Waals surface area contributed by atoms with Crippen LogP contribution < -0.4 is 0 Å². The van der Waals surface area contributed by atoms with E-state index < -0.39 is 5.97 Å². The smallest absolute Gasteiger partial charge is 0.346 e. The van der Waals surface area contributed by atoms with Crippen LogP contribution in [0.4, 0.5) is 4.39 Å². The van der Waals surface area contributed by atoms with Gasteiger partial charge in [-0.05, 0) is 24.6 Å². The molecule has 0 unspecified atom stereocenters. The minimum absolute atomic E-state index is 0.248. The quantitative estimate of drug-likeness (QED) is 0.868. The van der Waals surface area contributed by atoms with Crippen molar-refractivity contribution in [2.45, 2.75) is 27.3 Å². The molecular weight excluding hydrogens is 289 g/mol.